The third kappa shape index (κ3) is 5.29. The molecule has 1 aromatic heterocycles. The molecule has 4 aromatic rings. The highest BCUT2D eigenvalue weighted by Gasteiger charge is 2.15. The largest absolute Gasteiger partial charge is 0.463 e. The van der Waals surface area contributed by atoms with Gasteiger partial charge < -0.3 is 9.15 Å². The van der Waals surface area contributed by atoms with Gasteiger partial charge in [0, 0.05) is 23.3 Å². The number of esters is 1. The highest BCUT2D eigenvalue weighted by atomic mass is 16.5. The monoisotopic (exact) mass is 421 g/mol. The highest BCUT2D eigenvalue weighted by molar-refractivity contribution is 5.87. The van der Waals surface area contributed by atoms with E-state index < -0.39 is 0 Å². The molecule has 0 N–H and O–H groups in total. The van der Waals surface area contributed by atoms with Gasteiger partial charge in [-0.15, -0.1) is 0 Å². The topological polar surface area (TPSA) is 52.3 Å². The molecular formula is C28H23NO3. The first-order valence-corrected chi connectivity index (χ1v) is 10.5. The Morgan fingerprint density at radius 3 is 2.19 bits per heavy atom. The normalized spacial score (nSPS) is 11.3. The van der Waals surface area contributed by atoms with E-state index in [9.17, 15) is 4.79 Å². The maximum Gasteiger partial charge on any atom is 0.330 e. The minimum atomic E-state index is -0.352. The van der Waals surface area contributed by atoms with Crippen LogP contribution in [0.15, 0.2) is 95.4 Å². The first-order valence-electron chi connectivity index (χ1n) is 10.5. The predicted molar refractivity (Wildman–Crippen MR) is 128 cm³/mol. The lowest BCUT2D eigenvalue weighted by Gasteiger charge is -2.00. The van der Waals surface area contributed by atoms with Crippen LogP contribution in [0.1, 0.15) is 23.9 Å². The number of carbonyl (C=O) groups excluding carboxylic acids is 1. The van der Waals surface area contributed by atoms with E-state index in [0.717, 1.165) is 33.7 Å². The van der Waals surface area contributed by atoms with Crippen LogP contribution in [0, 0.1) is 0 Å². The van der Waals surface area contributed by atoms with Crippen LogP contribution >= 0.6 is 0 Å². The van der Waals surface area contributed by atoms with Gasteiger partial charge in [0.2, 0.25) is 5.89 Å². The zero-order chi connectivity index (χ0) is 22.2. The average Bonchev–Trinajstić information content (AvgIpc) is 3.27. The van der Waals surface area contributed by atoms with Gasteiger partial charge in [-0.05, 0) is 36.3 Å². The SMILES string of the molecule is CCOC(=O)/C=C/c1cccc(/C=C/c2nc(-c3ccccc3)c(-c3ccccc3)o2)c1. The molecule has 0 spiro atoms. The third-order valence-electron chi connectivity index (χ3n) is 4.75. The van der Waals surface area contributed by atoms with Crippen LogP contribution in [-0.4, -0.2) is 17.6 Å². The van der Waals surface area contributed by atoms with Gasteiger partial charge in [0.25, 0.3) is 0 Å². The van der Waals surface area contributed by atoms with Gasteiger partial charge >= 0.3 is 5.97 Å². The second-order valence-electron chi connectivity index (χ2n) is 7.05. The molecule has 0 aliphatic rings. The van der Waals surface area contributed by atoms with Gasteiger partial charge in [0.05, 0.1) is 6.61 Å². The fourth-order valence-electron chi connectivity index (χ4n) is 3.27. The van der Waals surface area contributed by atoms with E-state index in [-0.39, 0.29) is 5.97 Å². The molecule has 0 amide bonds. The number of benzene rings is 3. The lowest BCUT2D eigenvalue weighted by molar-refractivity contribution is -0.137. The Hall–Kier alpha value is -4.18. The number of ether oxygens (including phenoxy) is 1. The van der Waals surface area contributed by atoms with E-state index in [1.807, 2.05) is 97.1 Å². The molecule has 0 fully saturated rings. The molecule has 3 aromatic carbocycles. The molecule has 4 nitrogen and oxygen atoms in total. The zero-order valence-corrected chi connectivity index (χ0v) is 17.8. The molecule has 158 valence electrons. The van der Waals surface area contributed by atoms with Crippen molar-refractivity contribution in [3.63, 3.8) is 0 Å². The van der Waals surface area contributed by atoms with Crippen LogP contribution in [-0.2, 0) is 9.53 Å². The molecule has 0 saturated heterocycles. The summed E-state index contributed by atoms with van der Waals surface area (Å²) in [5, 5.41) is 0. The molecule has 0 saturated carbocycles. The molecule has 0 radical (unpaired) electrons. The summed E-state index contributed by atoms with van der Waals surface area (Å²) in [5.74, 6) is 0.910. The van der Waals surface area contributed by atoms with Crippen LogP contribution in [0.2, 0.25) is 0 Å². The van der Waals surface area contributed by atoms with Crippen molar-refractivity contribution in [1.29, 1.82) is 0 Å². The maximum absolute atomic E-state index is 11.5. The maximum atomic E-state index is 11.5. The summed E-state index contributed by atoms with van der Waals surface area (Å²) in [7, 11) is 0. The Balaban J connectivity index is 1.62. The average molecular weight is 421 g/mol. The highest BCUT2D eigenvalue weighted by Crippen LogP contribution is 2.33. The summed E-state index contributed by atoms with van der Waals surface area (Å²) < 4.78 is 11.1. The lowest BCUT2D eigenvalue weighted by atomic mass is 10.1. The van der Waals surface area contributed by atoms with Gasteiger partial charge in [-0.2, -0.15) is 0 Å². The Morgan fingerprint density at radius 2 is 1.50 bits per heavy atom. The van der Waals surface area contributed by atoms with E-state index >= 15 is 0 Å². The summed E-state index contributed by atoms with van der Waals surface area (Å²) in [6.07, 6.45) is 6.96. The summed E-state index contributed by atoms with van der Waals surface area (Å²) >= 11 is 0. The molecule has 0 aliphatic carbocycles. The number of hydrogen-bond donors (Lipinski definition) is 0. The molecule has 4 rings (SSSR count). The van der Waals surface area contributed by atoms with E-state index in [1.165, 1.54) is 6.08 Å². The van der Waals surface area contributed by atoms with E-state index in [1.54, 1.807) is 13.0 Å². The molecule has 1 heterocycles. The molecule has 0 unspecified atom stereocenters. The van der Waals surface area contributed by atoms with Crippen molar-refractivity contribution in [3.05, 3.63) is 108 Å². The van der Waals surface area contributed by atoms with Crippen molar-refractivity contribution in [3.8, 4) is 22.6 Å². The standard InChI is InChI=1S/C28H23NO3/c1-2-31-26(30)19-17-22-11-9-10-21(20-22)16-18-25-29-27(23-12-5-3-6-13-23)28(32-25)24-14-7-4-8-15-24/h3-20H,2H2,1H3/b18-16+,19-17+. The van der Waals surface area contributed by atoms with Gasteiger partial charge in [-0.25, -0.2) is 9.78 Å². The van der Waals surface area contributed by atoms with E-state index in [4.69, 9.17) is 14.1 Å². The van der Waals surface area contributed by atoms with Crippen molar-refractivity contribution < 1.29 is 13.9 Å². The van der Waals surface area contributed by atoms with E-state index in [0.29, 0.717) is 12.5 Å². The first-order chi connectivity index (χ1) is 15.7. The summed E-state index contributed by atoms with van der Waals surface area (Å²) in [6, 6.07) is 27.8. The molecule has 0 bridgehead atoms. The molecule has 32 heavy (non-hydrogen) atoms. The van der Waals surface area contributed by atoms with Crippen molar-refractivity contribution in [2.45, 2.75) is 6.92 Å². The Labute approximate surface area is 187 Å². The zero-order valence-electron chi connectivity index (χ0n) is 17.8. The summed E-state index contributed by atoms with van der Waals surface area (Å²) in [6.45, 7) is 2.14. The first kappa shape index (κ1) is 21.1. The Morgan fingerprint density at radius 1 is 0.844 bits per heavy atom. The third-order valence-corrected chi connectivity index (χ3v) is 4.75. The van der Waals surface area contributed by atoms with Crippen molar-refractivity contribution in [1.82, 2.24) is 4.98 Å². The van der Waals surface area contributed by atoms with E-state index in [2.05, 4.69) is 0 Å². The van der Waals surface area contributed by atoms with Crippen LogP contribution in [0.3, 0.4) is 0 Å². The number of nitrogens with zero attached hydrogens (tertiary/aromatic N) is 1. The second kappa shape index (κ2) is 10.2. The molecule has 0 atom stereocenters. The predicted octanol–water partition coefficient (Wildman–Crippen LogP) is 6.76. The summed E-state index contributed by atoms with van der Waals surface area (Å²) in [5.41, 5.74) is 4.66. The number of hydrogen-bond acceptors (Lipinski definition) is 4. The second-order valence-corrected chi connectivity index (χ2v) is 7.05. The minimum absolute atomic E-state index is 0.352. The summed E-state index contributed by atoms with van der Waals surface area (Å²) in [4.78, 5) is 16.3. The van der Waals surface area contributed by atoms with Crippen molar-refractivity contribution in [2.24, 2.45) is 0 Å². The fourth-order valence-corrected chi connectivity index (χ4v) is 3.27. The minimum Gasteiger partial charge on any atom is -0.463 e. The van der Waals surface area contributed by atoms with Gasteiger partial charge in [0.15, 0.2) is 5.76 Å². The lowest BCUT2D eigenvalue weighted by Crippen LogP contribution is -1.98. The Bertz CT molecular complexity index is 1180. The van der Waals surface area contributed by atoms with Crippen molar-refractivity contribution in [2.75, 3.05) is 6.61 Å². The molecule has 4 heteroatoms. The fraction of sp³-hybridized carbons (Fsp3) is 0.0714. The van der Waals surface area contributed by atoms with Gasteiger partial charge in [0.1, 0.15) is 5.69 Å². The number of carbonyl (C=O) groups is 1. The quantitative estimate of drug-likeness (QED) is 0.244. The van der Waals surface area contributed by atoms with Crippen molar-refractivity contribution >= 4 is 24.2 Å². The Kier molecular flexibility index (Phi) is 6.73. The molecule has 0 aliphatic heterocycles. The van der Waals surface area contributed by atoms with Crippen LogP contribution < -0.4 is 0 Å². The van der Waals surface area contributed by atoms with Crippen LogP contribution in [0.25, 0.3) is 40.8 Å². The molecular weight excluding hydrogens is 398 g/mol. The van der Waals surface area contributed by atoms with Gasteiger partial charge in [-0.3, -0.25) is 0 Å². The number of aromatic nitrogens is 1. The number of oxazole rings is 1. The van der Waals surface area contributed by atoms with Crippen LogP contribution in [0.4, 0.5) is 0 Å². The van der Waals surface area contributed by atoms with Gasteiger partial charge in [-0.1, -0.05) is 78.9 Å². The smallest absolute Gasteiger partial charge is 0.330 e. The number of rotatable bonds is 7. The van der Waals surface area contributed by atoms with Crippen LogP contribution in [0.5, 0.6) is 0 Å².